The summed E-state index contributed by atoms with van der Waals surface area (Å²) in [7, 11) is 2.94. The van der Waals surface area contributed by atoms with Crippen LogP contribution in [0, 0.1) is 17.1 Å². The van der Waals surface area contributed by atoms with E-state index in [-0.39, 0.29) is 17.0 Å². The number of esters is 1. The summed E-state index contributed by atoms with van der Waals surface area (Å²) in [6, 6.07) is 5.98. The molecule has 0 bridgehead atoms. The molecule has 1 atom stereocenters. The quantitative estimate of drug-likeness (QED) is 0.156. The Balaban J connectivity index is 2.39. The van der Waals surface area contributed by atoms with Gasteiger partial charge in [0.05, 0.1) is 18.2 Å². The van der Waals surface area contributed by atoms with Gasteiger partial charge >= 0.3 is 5.97 Å². The molecule has 0 aromatic heterocycles. The third kappa shape index (κ3) is 7.24. The van der Waals surface area contributed by atoms with Crippen molar-refractivity contribution in [1.29, 1.82) is 0 Å². The van der Waals surface area contributed by atoms with Gasteiger partial charge in [0.1, 0.15) is 11.4 Å². The molecular formula is C21H25IN2O4S. The first-order chi connectivity index (χ1) is 14.1. The Morgan fingerprint density at radius 2 is 2.17 bits per heavy atom. The summed E-state index contributed by atoms with van der Waals surface area (Å²) < 4.78 is 5.65. The molecule has 1 aliphatic rings. The molecule has 3 N–H and O–H groups in total. The van der Waals surface area contributed by atoms with Gasteiger partial charge in [-0.3, -0.25) is 4.79 Å². The van der Waals surface area contributed by atoms with Crippen LogP contribution in [0.15, 0.2) is 35.5 Å². The molecule has 1 aromatic rings. The van der Waals surface area contributed by atoms with E-state index in [0.717, 1.165) is 25.7 Å². The Bertz CT molecular complexity index is 797. The van der Waals surface area contributed by atoms with E-state index in [2.05, 4.69) is 21.8 Å². The second kappa shape index (κ2) is 12.8. The average molecular weight is 528 g/mol. The summed E-state index contributed by atoms with van der Waals surface area (Å²) >= 11 is 2.02. The highest BCUT2D eigenvalue weighted by molar-refractivity contribution is 14.2. The van der Waals surface area contributed by atoms with Crippen molar-refractivity contribution in [3.05, 3.63) is 41.1 Å². The van der Waals surface area contributed by atoms with Crippen LogP contribution in [0.4, 0.5) is 0 Å². The lowest BCUT2D eigenvalue weighted by molar-refractivity contribution is -0.141. The second-order valence-electron chi connectivity index (χ2n) is 6.77. The van der Waals surface area contributed by atoms with E-state index < -0.39 is 12.0 Å². The number of benzene rings is 1. The normalized spacial score (nSPS) is 16.1. The maximum Gasteiger partial charge on any atom is 0.338 e. The van der Waals surface area contributed by atoms with E-state index in [0.29, 0.717) is 24.5 Å². The van der Waals surface area contributed by atoms with Crippen LogP contribution >= 0.6 is 30.1 Å². The number of aromatic hydroxyl groups is 1. The molecule has 1 aromatic carbocycles. The van der Waals surface area contributed by atoms with Crippen LogP contribution in [0.5, 0.6) is 5.75 Å². The summed E-state index contributed by atoms with van der Waals surface area (Å²) in [6.45, 7) is 0.349. The summed E-state index contributed by atoms with van der Waals surface area (Å²) in [5.41, 5.74) is 1.05. The van der Waals surface area contributed by atoms with Crippen molar-refractivity contribution in [3.63, 3.8) is 0 Å². The van der Waals surface area contributed by atoms with E-state index in [9.17, 15) is 14.7 Å². The second-order valence-corrected chi connectivity index (χ2v) is 8.45. The molecule has 2 rings (SSSR count). The third-order valence-corrected chi connectivity index (χ3v) is 5.70. The lowest BCUT2D eigenvalue weighted by atomic mass is 9.90. The van der Waals surface area contributed by atoms with Crippen LogP contribution in [0.25, 0.3) is 0 Å². The molecule has 0 aliphatic heterocycles. The molecule has 8 heteroatoms. The van der Waals surface area contributed by atoms with Crippen LogP contribution in [0.3, 0.4) is 0 Å². The zero-order valence-corrected chi connectivity index (χ0v) is 19.2. The van der Waals surface area contributed by atoms with Crippen LogP contribution < -0.4 is 10.6 Å². The number of carbonyl (C=O) groups excluding carboxylic acids is 2. The fourth-order valence-corrected chi connectivity index (χ4v) is 3.95. The van der Waals surface area contributed by atoms with Gasteiger partial charge in [-0.25, -0.2) is 4.79 Å². The Kier molecular flexibility index (Phi) is 10.4. The third-order valence-electron chi connectivity index (χ3n) is 4.86. The monoisotopic (exact) mass is 528 g/mol. The van der Waals surface area contributed by atoms with E-state index in [4.69, 9.17) is 4.74 Å². The number of carbonyl (C=O) groups is 2. The zero-order valence-electron chi connectivity index (χ0n) is 16.2. The zero-order chi connectivity index (χ0) is 21.1. The van der Waals surface area contributed by atoms with Crippen molar-refractivity contribution < 1.29 is 19.4 Å². The molecule has 0 saturated heterocycles. The molecule has 1 fully saturated rings. The number of hydrogen-bond donors (Lipinski definition) is 3. The summed E-state index contributed by atoms with van der Waals surface area (Å²) in [6.07, 6.45) is 6.14. The van der Waals surface area contributed by atoms with Crippen molar-refractivity contribution in [2.24, 2.45) is 5.92 Å². The molecule has 156 valence electrons. The molecule has 0 heterocycles. The van der Waals surface area contributed by atoms with Crippen molar-refractivity contribution in [2.75, 3.05) is 13.7 Å². The van der Waals surface area contributed by atoms with Crippen molar-refractivity contribution >= 4 is 42.5 Å². The highest BCUT2D eigenvalue weighted by Gasteiger charge is 2.28. The van der Waals surface area contributed by atoms with E-state index >= 15 is 0 Å². The number of ether oxygens (including phenoxy) is 1. The smallest absolute Gasteiger partial charge is 0.338 e. The number of amides is 1. The van der Waals surface area contributed by atoms with Crippen LogP contribution in [0.1, 0.15) is 43.7 Å². The van der Waals surface area contributed by atoms with Gasteiger partial charge in [0, 0.05) is 21.2 Å². The maximum atomic E-state index is 13.1. The molecule has 1 unspecified atom stereocenters. The minimum atomic E-state index is -0.614. The first kappa shape index (κ1) is 23.6. The summed E-state index contributed by atoms with van der Waals surface area (Å²) in [5.74, 6) is 2.74. The number of hydrogen-bond acceptors (Lipinski definition) is 6. The molecule has 1 saturated carbocycles. The van der Waals surface area contributed by atoms with Gasteiger partial charge < -0.3 is 20.5 Å². The van der Waals surface area contributed by atoms with Gasteiger partial charge in [-0.15, -0.1) is 0 Å². The first-order valence-electron chi connectivity index (χ1n) is 9.47. The highest BCUT2D eigenvalue weighted by Crippen LogP contribution is 2.29. The fraction of sp³-hybridized carbons (Fsp3) is 0.429. The Morgan fingerprint density at radius 3 is 2.79 bits per heavy atom. The topological polar surface area (TPSA) is 87.7 Å². The number of phenols is 1. The van der Waals surface area contributed by atoms with E-state index in [1.807, 2.05) is 21.2 Å². The lowest BCUT2D eigenvalue weighted by Crippen LogP contribution is -2.30. The number of allylic oxidation sites excluding steroid dienone is 1. The SMILES string of the molecule is CNC(/C(C(=O)OCC1CCCCC1)=C(/C#CSI)NC=O)c1cccc(O)c1. The van der Waals surface area contributed by atoms with Crippen LogP contribution in [-0.2, 0) is 14.3 Å². The molecular weight excluding hydrogens is 503 g/mol. The van der Waals surface area contributed by atoms with Gasteiger partial charge in [-0.2, -0.15) is 0 Å². The number of nitrogens with one attached hydrogen (secondary N) is 2. The van der Waals surface area contributed by atoms with Crippen molar-refractivity contribution in [1.82, 2.24) is 10.6 Å². The molecule has 6 nitrogen and oxygen atoms in total. The predicted octanol–water partition coefficient (Wildman–Crippen LogP) is 3.82. The fourth-order valence-electron chi connectivity index (χ4n) is 3.48. The van der Waals surface area contributed by atoms with E-state index in [1.165, 1.54) is 15.4 Å². The summed E-state index contributed by atoms with van der Waals surface area (Å²) in [5, 5.41) is 18.3. The molecule has 0 radical (unpaired) electrons. The molecule has 1 aliphatic carbocycles. The highest BCUT2D eigenvalue weighted by atomic mass is 127. The van der Waals surface area contributed by atoms with Gasteiger partial charge in [0.2, 0.25) is 6.41 Å². The number of halogens is 1. The average Bonchev–Trinajstić information content (AvgIpc) is 2.74. The Hall–Kier alpha value is -1.70. The van der Waals surface area contributed by atoms with Crippen LogP contribution in [0.2, 0.25) is 0 Å². The first-order valence-corrected chi connectivity index (χ1v) is 12.8. The lowest BCUT2D eigenvalue weighted by Gasteiger charge is -2.24. The van der Waals surface area contributed by atoms with Crippen molar-refractivity contribution in [3.8, 4) is 16.9 Å². The van der Waals surface area contributed by atoms with Gasteiger partial charge in [-0.05, 0) is 63.6 Å². The molecule has 1 amide bonds. The van der Waals surface area contributed by atoms with E-state index in [1.54, 1.807) is 31.3 Å². The predicted molar refractivity (Wildman–Crippen MR) is 123 cm³/mol. The minimum absolute atomic E-state index is 0.0801. The minimum Gasteiger partial charge on any atom is -0.508 e. The van der Waals surface area contributed by atoms with Gasteiger partial charge in [-0.1, -0.05) is 31.4 Å². The molecule has 0 spiro atoms. The van der Waals surface area contributed by atoms with Crippen LogP contribution in [-0.4, -0.2) is 31.1 Å². The Labute approximate surface area is 187 Å². The van der Waals surface area contributed by atoms with Crippen molar-refractivity contribution in [2.45, 2.75) is 38.1 Å². The standard InChI is InChI=1S/C21H25IN2O4S/c1-23-20(16-8-5-9-17(26)12-16)19(18(24-14-25)10-11-29-22)21(27)28-13-15-6-3-2-4-7-15/h5,8-9,12,14-15,20,23,26H,2-4,6-7,13H2,1H3,(H,24,25)/b19-18+. The number of rotatable bonds is 8. The molecule has 29 heavy (non-hydrogen) atoms. The summed E-state index contributed by atoms with van der Waals surface area (Å²) in [4.78, 5) is 24.3. The maximum absolute atomic E-state index is 13.1. The largest absolute Gasteiger partial charge is 0.508 e. The number of phenolic OH excluding ortho intramolecular Hbond substituents is 1. The van der Waals surface area contributed by atoms with Gasteiger partial charge in [0.25, 0.3) is 0 Å². The Morgan fingerprint density at radius 1 is 1.41 bits per heavy atom. The van der Waals surface area contributed by atoms with Gasteiger partial charge in [0.15, 0.2) is 0 Å². The number of likely N-dealkylation sites (N-methyl/N-ethyl adjacent to an activating group) is 1.